The number of aryl methyl sites for hydroxylation is 2. The lowest BCUT2D eigenvalue weighted by atomic mass is 9.89. The van der Waals surface area contributed by atoms with Gasteiger partial charge in [0.2, 0.25) is 0 Å². The van der Waals surface area contributed by atoms with E-state index in [0.29, 0.717) is 29.7 Å². The van der Waals surface area contributed by atoms with Crippen LogP contribution in [-0.2, 0) is 25.8 Å². The number of H-pyrrole nitrogens is 2. The Morgan fingerprint density at radius 1 is 0.977 bits per heavy atom. The fourth-order valence-electron chi connectivity index (χ4n) is 6.12. The molecule has 0 radical (unpaired) electrons. The maximum absolute atomic E-state index is 13.3. The summed E-state index contributed by atoms with van der Waals surface area (Å²) < 4.78 is 40.0. The van der Waals surface area contributed by atoms with Gasteiger partial charge in [-0.3, -0.25) is 4.90 Å². The second-order valence-electron chi connectivity index (χ2n) is 11.5. The molecule has 232 valence electrons. The molecule has 2 aliphatic heterocycles. The van der Waals surface area contributed by atoms with Crippen LogP contribution in [0.5, 0.6) is 0 Å². The van der Waals surface area contributed by atoms with Crippen LogP contribution in [0.3, 0.4) is 0 Å². The van der Waals surface area contributed by atoms with E-state index in [1.54, 1.807) is 0 Å². The average molecular weight is 603 g/mol. The van der Waals surface area contributed by atoms with Gasteiger partial charge in [-0.25, -0.2) is 9.97 Å². The maximum atomic E-state index is 13.3. The molecule has 4 aromatic rings. The minimum atomic E-state index is -4.32. The monoisotopic (exact) mass is 602 g/mol. The van der Waals surface area contributed by atoms with Gasteiger partial charge < -0.3 is 15.3 Å². The van der Waals surface area contributed by atoms with Crippen LogP contribution >= 0.6 is 0 Å². The number of benzene rings is 2. The number of rotatable bonds is 8. The molecule has 2 saturated heterocycles. The summed E-state index contributed by atoms with van der Waals surface area (Å²) in [5.41, 5.74) is 8.03. The van der Waals surface area contributed by atoms with Gasteiger partial charge in [0.1, 0.15) is 11.6 Å². The summed E-state index contributed by atoms with van der Waals surface area (Å²) in [6.45, 7) is 9.70. The first kappa shape index (κ1) is 31.6. The number of nitrogens with one attached hydrogen (secondary N) is 3. The van der Waals surface area contributed by atoms with E-state index in [4.69, 9.17) is 4.98 Å². The number of fused-ring (bicyclic) bond motifs is 4. The van der Waals surface area contributed by atoms with Gasteiger partial charge in [-0.2, -0.15) is 13.2 Å². The zero-order chi connectivity index (χ0) is 31.6. The zero-order valence-corrected chi connectivity index (χ0v) is 25.9. The van der Waals surface area contributed by atoms with Crippen molar-refractivity contribution in [1.29, 1.82) is 0 Å². The van der Waals surface area contributed by atoms with Crippen LogP contribution in [-0.4, -0.2) is 49.6 Å². The number of halogens is 3. The largest absolute Gasteiger partial charge is 0.394 e. The van der Waals surface area contributed by atoms with Gasteiger partial charge in [-0.1, -0.05) is 63.2 Å². The van der Waals surface area contributed by atoms with Crippen LogP contribution < -0.4 is 5.32 Å². The quantitative estimate of drug-likeness (QED) is 0.143. The number of imidazole rings is 2. The van der Waals surface area contributed by atoms with Crippen molar-refractivity contribution < 1.29 is 13.2 Å². The summed E-state index contributed by atoms with van der Waals surface area (Å²) >= 11 is 0. The predicted molar refractivity (Wildman–Crippen MR) is 170 cm³/mol. The van der Waals surface area contributed by atoms with Gasteiger partial charge in [0.05, 0.1) is 36.1 Å². The molecule has 1 aliphatic carbocycles. The molecule has 2 aromatic heterocycles. The van der Waals surface area contributed by atoms with Crippen molar-refractivity contribution in [3.05, 3.63) is 71.1 Å². The molecule has 2 aromatic carbocycles. The Labute approximate surface area is 257 Å². The number of aromatic amines is 2. The summed E-state index contributed by atoms with van der Waals surface area (Å²) in [7, 11) is 0. The molecule has 0 saturated carbocycles. The minimum absolute atomic E-state index is 0.0973. The van der Waals surface area contributed by atoms with E-state index in [1.165, 1.54) is 29.8 Å². The van der Waals surface area contributed by atoms with Gasteiger partial charge in [0, 0.05) is 35.4 Å². The number of nitrogens with zero attached hydrogens (tertiary/aromatic N) is 3. The van der Waals surface area contributed by atoms with E-state index in [-0.39, 0.29) is 11.7 Å². The van der Waals surface area contributed by atoms with Crippen molar-refractivity contribution in [3.63, 3.8) is 0 Å². The molecule has 4 atom stereocenters. The Bertz CT molecular complexity index is 1600. The van der Waals surface area contributed by atoms with Crippen LogP contribution in [0.1, 0.15) is 75.2 Å². The summed E-state index contributed by atoms with van der Waals surface area (Å²) in [6, 6.07) is 15.7. The number of hydrogen-bond acceptors (Lipinski definition) is 4. The SMILES string of the molecule is C#C.CC.CCC(C)NCc1nc(-c2ccc(-c3ccc4c(c3)CCc3[nH]c([C@@H]5C[C@H]6CN65)nc3-4)cc2)c(CC(F)(F)F)[nH]1. The van der Waals surface area contributed by atoms with Crippen LogP contribution in [0.15, 0.2) is 42.5 Å². The lowest BCUT2D eigenvalue weighted by Crippen LogP contribution is -2.25. The predicted octanol–water partition coefficient (Wildman–Crippen LogP) is 7.63. The van der Waals surface area contributed by atoms with Crippen molar-refractivity contribution >= 4 is 0 Å². The Hall–Kier alpha value is -3.87. The van der Waals surface area contributed by atoms with Gasteiger partial charge in [0.25, 0.3) is 0 Å². The summed E-state index contributed by atoms with van der Waals surface area (Å²) in [5, 5.41) is 3.30. The van der Waals surface area contributed by atoms with Crippen molar-refractivity contribution in [2.75, 3.05) is 6.54 Å². The maximum Gasteiger partial charge on any atom is 0.394 e. The topological polar surface area (TPSA) is 72.4 Å². The van der Waals surface area contributed by atoms with E-state index in [9.17, 15) is 13.2 Å². The van der Waals surface area contributed by atoms with Crippen molar-refractivity contribution in [2.45, 2.75) is 90.6 Å². The van der Waals surface area contributed by atoms with Crippen LogP contribution in [0.2, 0.25) is 0 Å². The highest BCUT2D eigenvalue weighted by atomic mass is 19.4. The number of terminal acetylenes is 1. The Kier molecular flexibility index (Phi) is 9.33. The third-order valence-corrected chi connectivity index (χ3v) is 8.70. The standard InChI is InChI=1S/C31H33F3N6.C2H6.C2H2/c1-3-17(2)35-15-27-36-25(14-31(32,33)34)28(38-27)19-6-4-18(5-7-19)20-8-10-23-21(12-20)9-11-24-29(23)39-30(37-24)26-13-22-16-40(22)26;2*1-2/h4-8,10,12,17,22,26,35H,3,9,11,13-16H2,1-2H3,(H,36,38)(H,37,39);1-2H3;1-2H/t17?,22-,26-,40?;;/m0../s1. The Balaban J connectivity index is 0.000000924. The van der Waals surface area contributed by atoms with Gasteiger partial charge in [-0.05, 0) is 49.3 Å². The highest BCUT2D eigenvalue weighted by Crippen LogP contribution is 2.48. The molecule has 7 rings (SSSR count). The van der Waals surface area contributed by atoms with Crippen LogP contribution in [0.25, 0.3) is 33.6 Å². The molecule has 4 heterocycles. The fourth-order valence-corrected chi connectivity index (χ4v) is 6.12. The van der Waals surface area contributed by atoms with Gasteiger partial charge in [0.15, 0.2) is 0 Å². The smallest absolute Gasteiger partial charge is 0.344 e. The molecule has 0 spiro atoms. The van der Waals surface area contributed by atoms with E-state index >= 15 is 0 Å². The average Bonchev–Trinajstić information content (AvgIpc) is 3.33. The van der Waals surface area contributed by atoms with Crippen molar-refractivity contribution in [1.82, 2.24) is 30.2 Å². The second-order valence-corrected chi connectivity index (χ2v) is 11.5. The molecule has 3 aliphatic rings. The molecular weight excluding hydrogens is 561 g/mol. The lowest BCUT2D eigenvalue weighted by Gasteiger charge is -2.24. The van der Waals surface area contributed by atoms with E-state index in [1.807, 2.05) is 45.0 Å². The highest BCUT2D eigenvalue weighted by molar-refractivity contribution is 5.76. The van der Waals surface area contributed by atoms with Gasteiger partial charge in [-0.15, -0.1) is 12.8 Å². The molecule has 9 heteroatoms. The first-order valence-corrected chi connectivity index (χ1v) is 15.6. The fraction of sp³-hybridized carbons (Fsp3) is 0.429. The van der Waals surface area contributed by atoms with E-state index < -0.39 is 12.6 Å². The Morgan fingerprint density at radius 2 is 1.68 bits per heavy atom. The first-order chi connectivity index (χ1) is 21.3. The van der Waals surface area contributed by atoms with Gasteiger partial charge >= 0.3 is 6.18 Å². The summed E-state index contributed by atoms with van der Waals surface area (Å²) in [5.74, 6) is 1.62. The molecular formula is C35H41F3N6. The third-order valence-electron chi connectivity index (χ3n) is 8.70. The van der Waals surface area contributed by atoms with E-state index in [2.05, 4.69) is 63.1 Å². The highest BCUT2D eigenvalue weighted by Gasteiger charge is 2.52. The number of alkyl halides is 3. The minimum Gasteiger partial charge on any atom is -0.344 e. The number of aromatic nitrogens is 4. The normalized spacial score (nSPS) is 20.0. The number of hydrogen-bond donors (Lipinski definition) is 3. The summed E-state index contributed by atoms with van der Waals surface area (Å²) in [6.07, 6.45) is 6.67. The van der Waals surface area contributed by atoms with Crippen LogP contribution in [0, 0.1) is 12.8 Å². The molecule has 6 nitrogen and oxygen atoms in total. The molecule has 2 fully saturated rings. The van der Waals surface area contributed by atoms with E-state index in [0.717, 1.165) is 47.9 Å². The molecule has 0 bridgehead atoms. The zero-order valence-electron chi connectivity index (χ0n) is 25.9. The molecule has 2 unspecified atom stereocenters. The molecule has 0 amide bonds. The first-order valence-electron chi connectivity index (χ1n) is 15.6. The van der Waals surface area contributed by atoms with Crippen LogP contribution in [0.4, 0.5) is 13.2 Å². The third kappa shape index (κ3) is 6.47. The lowest BCUT2D eigenvalue weighted by molar-refractivity contribution is -0.127. The second kappa shape index (κ2) is 13.0. The van der Waals surface area contributed by atoms with Crippen molar-refractivity contribution in [3.8, 4) is 46.5 Å². The summed E-state index contributed by atoms with van der Waals surface area (Å²) in [4.78, 5) is 18.6. The van der Waals surface area contributed by atoms with Crippen molar-refractivity contribution in [2.24, 2.45) is 0 Å². The Morgan fingerprint density at radius 3 is 2.32 bits per heavy atom. The molecule has 3 N–H and O–H groups in total. The molecule has 44 heavy (non-hydrogen) atoms.